The summed E-state index contributed by atoms with van der Waals surface area (Å²) in [4.78, 5) is 29.3. The summed E-state index contributed by atoms with van der Waals surface area (Å²) in [5.41, 5.74) is 10.6. The Hall–Kier alpha value is -0.0231. The first-order valence-corrected chi connectivity index (χ1v) is 5.97. The van der Waals surface area contributed by atoms with Crippen molar-refractivity contribution in [3.05, 3.63) is 0 Å². The van der Waals surface area contributed by atoms with Crippen LogP contribution in [0.3, 0.4) is 0 Å². The Bertz CT molecular complexity index is 101. The van der Waals surface area contributed by atoms with Crippen molar-refractivity contribution >= 4 is 9.05 Å². The Morgan fingerprint density at radius 3 is 1.69 bits per heavy atom. The molecule has 0 aromatic carbocycles. The molecule has 0 unspecified atom stereocenters. The summed E-state index contributed by atoms with van der Waals surface area (Å²) in [6.45, 7) is 2.17. The molecule has 82 valence electrons. The molecule has 0 bridgehead atoms. The van der Waals surface area contributed by atoms with E-state index in [1.807, 2.05) is 0 Å². The van der Waals surface area contributed by atoms with E-state index in [1.165, 1.54) is 19.3 Å². The number of hydrogen-bond acceptors (Lipinski definition) is 6. The van der Waals surface area contributed by atoms with Gasteiger partial charge in [-0.15, -0.1) is 0 Å². The molecule has 6 nitrogen and oxygen atoms in total. The Labute approximate surface area is 79.3 Å². The third-order valence-electron chi connectivity index (χ3n) is 1.14. The molecule has 0 rings (SSSR count). The molecule has 13 heavy (non-hydrogen) atoms. The third-order valence-corrected chi connectivity index (χ3v) is 1.14. The number of hydrogen-bond donors (Lipinski definition) is 6. The molecule has 0 aliphatic heterocycles. The minimum absolute atomic E-state index is 0.0958. The van der Waals surface area contributed by atoms with E-state index in [4.69, 9.17) is 30.7 Å². The average Bonchev–Trinajstić information content (AvgIpc) is 1.83. The van der Waals surface area contributed by atoms with Gasteiger partial charge in [0, 0.05) is 0 Å². The van der Waals surface area contributed by atoms with Crippen molar-refractivity contribution in [2.45, 2.75) is 38.8 Å². The highest BCUT2D eigenvalue weighted by Gasteiger charge is 2.22. The monoisotopic (exact) mass is 212 g/mol. The van der Waals surface area contributed by atoms with E-state index in [1.54, 1.807) is 0 Å². The molecule has 7 heteroatoms. The fraction of sp³-hybridized carbons (Fsp3) is 1.00. The fourth-order valence-electron chi connectivity index (χ4n) is 0.630. The first kappa shape index (κ1) is 15.4. The van der Waals surface area contributed by atoms with Gasteiger partial charge in [0.15, 0.2) is 0 Å². The van der Waals surface area contributed by atoms with Crippen molar-refractivity contribution in [1.82, 2.24) is 0 Å². The maximum absolute atomic E-state index is 7.33. The quantitative estimate of drug-likeness (QED) is 0.185. The lowest BCUT2D eigenvalue weighted by Crippen LogP contribution is -2.33. The van der Waals surface area contributed by atoms with Gasteiger partial charge in [-0.1, -0.05) is 26.2 Å². The lowest BCUT2D eigenvalue weighted by atomic mass is 10.2. The zero-order chi connectivity index (χ0) is 10.9. The first-order chi connectivity index (χ1) is 5.77. The van der Waals surface area contributed by atoms with Crippen LogP contribution >= 0.6 is 0 Å². The molecule has 0 aliphatic carbocycles. The summed E-state index contributed by atoms with van der Waals surface area (Å²) in [6, 6.07) is 0. The molecule has 0 atom stereocenters. The number of rotatable bonds is 4. The van der Waals surface area contributed by atoms with Gasteiger partial charge in [0.05, 0.1) is 6.17 Å². The van der Waals surface area contributed by atoms with Gasteiger partial charge in [0.25, 0.3) is 0 Å². The van der Waals surface area contributed by atoms with E-state index in [0.29, 0.717) is 0 Å². The molecule has 0 aromatic rings. The lowest BCUT2D eigenvalue weighted by molar-refractivity contribution is 0.117. The average molecular weight is 212 g/mol. The normalized spacial score (nSPS) is 11.1. The Morgan fingerprint density at radius 2 is 1.46 bits per heavy atom. The topological polar surface area (TPSA) is 133 Å². The summed E-state index contributed by atoms with van der Waals surface area (Å²) in [5.74, 6) is 0. The molecule has 0 saturated carbocycles. The van der Waals surface area contributed by atoms with Crippen LogP contribution in [-0.4, -0.2) is 34.4 Å². The summed E-state index contributed by atoms with van der Waals surface area (Å²) in [7, 11) is -4.61. The second-order valence-corrected chi connectivity index (χ2v) is 3.96. The van der Waals surface area contributed by atoms with E-state index < -0.39 is 9.05 Å². The lowest BCUT2D eigenvalue weighted by Gasteiger charge is -2.01. The van der Waals surface area contributed by atoms with Crippen molar-refractivity contribution in [2.75, 3.05) is 0 Å². The SMILES string of the molecule is CCCCCC(N)N.O[Si](O)(O)O. The zero-order valence-corrected chi connectivity index (χ0v) is 8.85. The summed E-state index contributed by atoms with van der Waals surface area (Å²) in [5, 5.41) is 0. The minimum atomic E-state index is -4.61. The van der Waals surface area contributed by atoms with Crippen LogP contribution in [0.15, 0.2) is 0 Å². The van der Waals surface area contributed by atoms with Crippen LogP contribution in [0.5, 0.6) is 0 Å². The van der Waals surface area contributed by atoms with Crippen LogP contribution in [0.1, 0.15) is 32.6 Å². The van der Waals surface area contributed by atoms with Crippen LogP contribution < -0.4 is 11.5 Å². The van der Waals surface area contributed by atoms with Crippen LogP contribution in [0, 0.1) is 0 Å². The molecule has 0 saturated heterocycles. The van der Waals surface area contributed by atoms with E-state index in [-0.39, 0.29) is 6.17 Å². The van der Waals surface area contributed by atoms with Crippen LogP contribution in [-0.2, 0) is 0 Å². The summed E-state index contributed by atoms with van der Waals surface area (Å²) in [6.07, 6.45) is 4.54. The maximum atomic E-state index is 7.33. The maximum Gasteiger partial charge on any atom is 0.668 e. The highest BCUT2D eigenvalue weighted by molar-refractivity contribution is 6.46. The first-order valence-electron chi connectivity index (χ1n) is 4.18. The molecule has 0 fully saturated rings. The second-order valence-electron chi connectivity index (χ2n) is 2.76. The Kier molecular flexibility index (Phi) is 10.2. The number of nitrogens with two attached hydrogens (primary N) is 2. The van der Waals surface area contributed by atoms with Crippen LogP contribution in [0.25, 0.3) is 0 Å². The molecular formula is C6H20N2O4Si. The molecule has 0 aliphatic rings. The predicted octanol–water partition coefficient (Wildman–Crippen LogP) is -1.80. The van der Waals surface area contributed by atoms with Crippen molar-refractivity contribution < 1.29 is 19.2 Å². The molecule has 0 aromatic heterocycles. The van der Waals surface area contributed by atoms with Gasteiger partial charge < -0.3 is 30.7 Å². The molecule has 8 N–H and O–H groups in total. The Morgan fingerprint density at radius 1 is 1.08 bits per heavy atom. The highest BCUT2D eigenvalue weighted by atomic mass is 28.4. The van der Waals surface area contributed by atoms with Crippen LogP contribution in [0.2, 0.25) is 0 Å². The van der Waals surface area contributed by atoms with Crippen molar-refractivity contribution in [3.63, 3.8) is 0 Å². The van der Waals surface area contributed by atoms with Crippen LogP contribution in [0.4, 0.5) is 0 Å². The minimum Gasteiger partial charge on any atom is -0.368 e. The van der Waals surface area contributed by atoms with E-state index in [9.17, 15) is 0 Å². The second kappa shape index (κ2) is 8.57. The van der Waals surface area contributed by atoms with Gasteiger partial charge in [-0.3, -0.25) is 0 Å². The van der Waals surface area contributed by atoms with Gasteiger partial charge in [0.1, 0.15) is 0 Å². The summed E-state index contributed by atoms with van der Waals surface area (Å²) >= 11 is 0. The number of unbranched alkanes of at least 4 members (excludes halogenated alkanes) is 2. The molecule has 0 amide bonds. The van der Waals surface area contributed by atoms with E-state index in [2.05, 4.69) is 6.92 Å². The molecule has 0 heterocycles. The van der Waals surface area contributed by atoms with Crippen molar-refractivity contribution in [2.24, 2.45) is 11.5 Å². The van der Waals surface area contributed by atoms with Gasteiger partial charge in [0.2, 0.25) is 0 Å². The molecule has 0 spiro atoms. The van der Waals surface area contributed by atoms with E-state index >= 15 is 0 Å². The van der Waals surface area contributed by atoms with Crippen molar-refractivity contribution in [1.29, 1.82) is 0 Å². The zero-order valence-electron chi connectivity index (χ0n) is 7.85. The molecular weight excluding hydrogens is 192 g/mol. The van der Waals surface area contributed by atoms with Crippen molar-refractivity contribution in [3.8, 4) is 0 Å². The third kappa shape index (κ3) is 48.1. The summed E-state index contributed by atoms with van der Waals surface area (Å²) < 4.78 is 0. The fourth-order valence-corrected chi connectivity index (χ4v) is 0.630. The van der Waals surface area contributed by atoms with Gasteiger partial charge in [-0.05, 0) is 6.42 Å². The van der Waals surface area contributed by atoms with E-state index in [0.717, 1.165) is 6.42 Å². The Balaban J connectivity index is 0. The smallest absolute Gasteiger partial charge is 0.368 e. The van der Waals surface area contributed by atoms with Gasteiger partial charge >= 0.3 is 9.05 Å². The highest BCUT2D eigenvalue weighted by Crippen LogP contribution is 1.97. The van der Waals surface area contributed by atoms with Gasteiger partial charge in [-0.25, -0.2) is 0 Å². The standard InChI is InChI=1S/C6H16N2.H4O4Si/c1-2-3-4-5-6(7)8;1-5(2,3)4/h6H,2-5,7-8H2,1H3;1-4H. The molecule has 0 radical (unpaired) electrons. The predicted molar refractivity (Wildman–Crippen MR) is 50.9 cm³/mol. The largest absolute Gasteiger partial charge is 0.668 e. The van der Waals surface area contributed by atoms with Gasteiger partial charge in [-0.2, -0.15) is 0 Å².